The maximum atomic E-state index is 11.1. The van der Waals surface area contributed by atoms with Gasteiger partial charge in [-0.05, 0) is 61.3 Å². The van der Waals surface area contributed by atoms with Crippen molar-refractivity contribution in [2.45, 2.75) is 31.4 Å². The average molecular weight is 385 g/mol. The summed E-state index contributed by atoms with van der Waals surface area (Å²) in [6.07, 6.45) is 2.79. The summed E-state index contributed by atoms with van der Waals surface area (Å²) in [5.41, 5.74) is 3.74. The van der Waals surface area contributed by atoms with Gasteiger partial charge < -0.3 is 15.2 Å². The Balaban J connectivity index is 0.00000210. The molecule has 2 N–H and O–H groups in total. The van der Waals surface area contributed by atoms with E-state index in [2.05, 4.69) is 5.32 Å². The maximum absolute atomic E-state index is 11.1. The van der Waals surface area contributed by atoms with Crippen LogP contribution >= 0.6 is 12.4 Å². The zero-order valence-corrected chi connectivity index (χ0v) is 16.2. The molecule has 1 fully saturated rings. The van der Waals surface area contributed by atoms with Crippen molar-refractivity contribution in [1.82, 2.24) is 10.3 Å². The van der Waals surface area contributed by atoms with Gasteiger partial charge in [0, 0.05) is 17.0 Å². The highest BCUT2D eigenvalue weighted by molar-refractivity contribution is 5.86. The van der Waals surface area contributed by atoms with Crippen LogP contribution in [0.25, 0.3) is 22.2 Å². The first-order valence-corrected chi connectivity index (χ1v) is 9.22. The summed E-state index contributed by atoms with van der Waals surface area (Å²) in [6, 6.07) is 18.0. The number of nitrogens with one attached hydrogen (secondary N) is 1. The summed E-state index contributed by atoms with van der Waals surface area (Å²) in [5, 5.41) is 15.6. The Morgan fingerprint density at radius 2 is 1.89 bits per heavy atom. The molecule has 27 heavy (non-hydrogen) atoms. The fourth-order valence-electron chi connectivity index (χ4n) is 3.72. The van der Waals surface area contributed by atoms with Gasteiger partial charge in [0.1, 0.15) is 5.75 Å². The zero-order valence-electron chi connectivity index (χ0n) is 15.4. The number of ether oxygens (including phenoxy) is 1. The number of aromatic nitrogens is 1. The predicted molar refractivity (Wildman–Crippen MR) is 112 cm³/mol. The van der Waals surface area contributed by atoms with Crippen LogP contribution in [0.2, 0.25) is 0 Å². The van der Waals surface area contributed by atoms with Gasteiger partial charge in [0.2, 0.25) is 0 Å². The highest BCUT2D eigenvalue weighted by Crippen LogP contribution is 2.32. The van der Waals surface area contributed by atoms with Crippen molar-refractivity contribution >= 4 is 23.3 Å². The van der Waals surface area contributed by atoms with Crippen molar-refractivity contribution < 1.29 is 9.84 Å². The third-order valence-corrected chi connectivity index (χ3v) is 5.18. The summed E-state index contributed by atoms with van der Waals surface area (Å²) < 4.78 is 5.25. The van der Waals surface area contributed by atoms with Crippen molar-refractivity contribution in [3.63, 3.8) is 0 Å². The first-order chi connectivity index (χ1) is 12.8. The van der Waals surface area contributed by atoms with Crippen molar-refractivity contribution in [3.8, 4) is 17.0 Å². The van der Waals surface area contributed by atoms with E-state index in [9.17, 15) is 5.11 Å². The third kappa shape index (κ3) is 4.08. The number of pyridine rings is 1. The highest BCUT2D eigenvalue weighted by atomic mass is 35.5. The fourth-order valence-corrected chi connectivity index (χ4v) is 3.72. The molecule has 4 nitrogen and oxygen atoms in total. The maximum Gasteiger partial charge on any atom is 0.118 e. The average Bonchev–Trinajstić information content (AvgIpc) is 2.73. The number of nitrogens with zero attached hydrogens (tertiary/aromatic N) is 1. The topological polar surface area (TPSA) is 54.4 Å². The third-order valence-electron chi connectivity index (χ3n) is 5.18. The summed E-state index contributed by atoms with van der Waals surface area (Å²) >= 11 is 0. The smallest absolute Gasteiger partial charge is 0.118 e. The minimum Gasteiger partial charge on any atom is -0.497 e. The zero-order chi connectivity index (χ0) is 17.9. The van der Waals surface area contributed by atoms with E-state index in [0.29, 0.717) is 0 Å². The number of methoxy groups -OCH3 is 1. The molecule has 0 amide bonds. The summed E-state index contributed by atoms with van der Waals surface area (Å²) in [6.45, 7) is 0.968. The number of hydrogen-bond donors (Lipinski definition) is 2. The molecule has 1 aliphatic rings. The van der Waals surface area contributed by atoms with Crippen molar-refractivity contribution in [2.24, 2.45) is 0 Å². The molecule has 0 radical (unpaired) electrons. The van der Waals surface area contributed by atoms with Crippen LogP contribution in [-0.2, 0) is 0 Å². The molecule has 3 aromatic rings. The molecule has 0 bridgehead atoms. The number of aliphatic hydroxyl groups is 1. The molecular weight excluding hydrogens is 360 g/mol. The molecule has 0 aliphatic carbocycles. The van der Waals surface area contributed by atoms with Crippen LogP contribution in [0.1, 0.15) is 30.9 Å². The lowest BCUT2D eigenvalue weighted by atomic mass is 9.92. The van der Waals surface area contributed by atoms with Crippen LogP contribution < -0.4 is 10.1 Å². The lowest BCUT2D eigenvalue weighted by molar-refractivity contribution is 0.115. The molecule has 0 unspecified atom stereocenters. The number of para-hydroxylation sites is 1. The Kier molecular flexibility index (Phi) is 6.32. The number of rotatable bonds is 4. The summed E-state index contributed by atoms with van der Waals surface area (Å²) in [4.78, 5) is 4.82. The largest absolute Gasteiger partial charge is 0.497 e. The molecule has 0 saturated carbocycles. The van der Waals surface area contributed by atoms with Gasteiger partial charge in [-0.15, -0.1) is 12.4 Å². The van der Waals surface area contributed by atoms with Crippen molar-refractivity contribution in [3.05, 3.63) is 60.2 Å². The Morgan fingerprint density at radius 1 is 1.11 bits per heavy atom. The number of fused-ring (bicyclic) bond motifs is 1. The van der Waals surface area contributed by atoms with Gasteiger partial charge >= 0.3 is 0 Å². The lowest BCUT2D eigenvalue weighted by Gasteiger charge is -2.29. The van der Waals surface area contributed by atoms with Crippen LogP contribution in [0.15, 0.2) is 54.6 Å². The number of piperidine rings is 1. The number of aliphatic hydroxyl groups excluding tert-OH is 1. The van der Waals surface area contributed by atoms with Gasteiger partial charge in [-0.2, -0.15) is 0 Å². The van der Waals surface area contributed by atoms with Gasteiger partial charge in [0.05, 0.1) is 24.4 Å². The van der Waals surface area contributed by atoms with Gasteiger partial charge in [-0.1, -0.05) is 24.6 Å². The van der Waals surface area contributed by atoms with E-state index in [-0.39, 0.29) is 18.4 Å². The minimum atomic E-state index is -0.541. The second-order valence-corrected chi connectivity index (χ2v) is 6.84. The quantitative estimate of drug-likeness (QED) is 0.695. The van der Waals surface area contributed by atoms with E-state index in [0.717, 1.165) is 52.9 Å². The monoisotopic (exact) mass is 384 g/mol. The molecule has 2 heterocycles. The van der Waals surface area contributed by atoms with Gasteiger partial charge in [-0.3, -0.25) is 0 Å². The highest BCUT2D eigenvalue weighted by Gasteiger charge is 2.25. The first kappa shape index (κ1) is 19.6. The Hall–Kier alpha value is -2.14. The van der Waals surface area contributed by atoms with E-state index in [1.807, 2.05) is 54.6 Å². The molecule has 4 rings (SSSR count). The number of halogens is 1. The van der Waals surface area contributed by atoms with E-state index in [1.54, 1.807) is 7.11 Å². The van der Waals surface area contributed by atoms with E-state index in [4.69, 9.17) is 9.72 Å². The minimum absolute atomic E-state index is 0. The standard InChI is InChI=1S/C22H24N2O2.ClH/c1-26-16-11-9-15(10-12-16)21-14-18(17-6-2-3-7-19(17)24-21)22(25)20-8-4-5-13-23-20;/h2-3,6-7,9-12,14,20,22-23,25H,4-5,8,13H2,1H3;1H/t20-,22+;/m1./s1. The summed E-state index contributed by atoms with van der Waals surface area (Å²) in [7, 11) is 1.66. The molecule has 2 atom stereocenters. The van der Waals surface area contributed by atoms with Crippen molar-refractivity contribution in [2.75, 3.05) is 13.7 Å². The Labute approximate surface area is 166 Å². The SMILES string of the molecule is COc1ccc(-c2cc([C@H](O)[C@H]3CCCCN3)c3ccccc3n2)cc1.Cl. The predicted octanol–water partition coefficient (Wildman–Crippen LogP) is 4.51. The second-order valence-electron chi connectivity index (χ2n) is 6.84. The van der Waals surface area contributed by atoms with Gasteiger partial charge in [0.25, 0.3) is 0 Å². The molecule has 142 valence electrons. The Bertz CT molecular complexity index is 892. The number of benzene rings is 2. The van der Waals surface area contributed by atoms with Crippen LogP contribution in [0.4, 0.5) is 0 Å². The lowest BCUT2D eigenvalue weighted by Crippen LogP contribution is -2.38. The molecule has 1 saturated heterocycles. The van der Waals surface area contributed by atoms with Crippen LogP contribution in [0.5, 0.6) is 5.75 Å². The Morgan fingerprint density at radius 3 is 2.59 bits per heavy atom. The van der Waals surface area contributed by atoms with Crippen molar-refractivity contribution in [1.29, 1.82) is 0 Å². The van der Waals surface area contributed by atoms with Gasteiger partial charge in [-0.25, -0.2) is 4.98 Å². The second kappa shape index (κ2) is 8.70. The van der Waals surface area contributed by atoms with Crippen LogP contribution in [0.3, 0.4) is 0 Å². The van der Waals surface area contributed by atoms with Gasteiger partial charge in [0.15, 0.2) is 0 Å². The molecular formula is C22H25ClN2O2. The molecule has 5 heteroatoms. The molecule has 1 aromatic heterocycles. The molecule has 0 spiro atoms. The van der Waals surface area contributed by atoms with E-state index < -0.39 is 6.10 Å². The first-order valence-electron chi connectivity index (χ1n) is 9.22. The van der Waals surface area contributed by atoms with E-state index in [1.165, 1.54) is 6.42 Å². The molecule has 2 aromatic carbocycles. The normalized spacial score (nSPS) is 17.9. The summed E-state index contributed by atoms with van der Waals surface area (Å²) in [5.74, 6) is 0.821. The van der Waals surface area contributed by atoms with Crippen LogP contribution in [-0.4, -0.2) is 29.8 Å². The van der Waals surface area contributed by atoms with E-state index >= 15 is 0 Å². The number of hydrogen-bond acceptors (Lipinski definition) is 4. The molecule has 1 aliphatic heterocycles. The fraction of sp³-hybridized carbons (Fsp3) is 0.318. The van der Waals surface area contributed by atoms with Crippen LogP contribution in [0, 0.1) is 0 Å².